The number of aromatic nitrogens is 4. The Morgan fingerprint density at radius 2 is 2.00 bits per heavy atom. The van der Waals surface area contributed by atoms with Gasteiger partial charge >= 0.3 is 0 Å². The van der Waals surface area contributed by atoms with Crippen LogP contribution in [0.4, 0.5) is 0 Å². The van der Waals surface area contributed by atoms with Gasteiger partial charge in [0.1, 0.15) is 6.33 Å². The normalized spacial score (nSPS) is 9.00. The van der Waals surface area contributed by atoms with Crippen LogP contribution in [0.2, 0.25) is 0 Å². The Labute approximate surface area is 88.2 Å². The summed E-state index contributed by atoms with van der Waals surface area (Å²) in [7, 11) is 0. The van der Waals surface area contributed by atoms with Crippen molar-refractivity contribution in [3.05, 3.63) is 30.9 Å². The number of nitrogens with one attached hydrogen (secondary N) is 1. The summed E-state index contributed by atoms with van der Waals surface area (Å²) in [6.07, 6.45) is 4.98. The van der Waals surface area contributed by atoms with Gasteiger partial charge in [0, 0.05) is 18.0 Å². The molecule has 1 N–H and O–H groups in total. The Hall–Kier alpha value is -1.36. The number of nitrogens with zero attached hydrogens (tertiary/aromatic N) is 3. The molecule has 0 aromatic carbocycles. The quantitative estimate of drug-likeness (QED) is 0.703. The van der Waals surface area contributed by atoms with Crippen LogP contribution in [0.15, 0.2) is 30.9 Å². The lowest BCUT2D eigenvalue weighted by molar-refractivity contribution is 1.09. The molecule has 0 aliphatic heterocycles. The summed E-state index contributed by atoms with van der Waals surface area (Å²) in [5, 5.41) is 6.57. The third-order valence-corrected chi connectivity index (χ3v) is 1.35. The maximum Gasteiger partial charge on any atom is 0.180 e. The molecular formula is C9H12N4S. The molecular weight excluding hydrogens is 196 g/mol. The predicted molar refractivity (Wildman–Crippen MR) is 59.1 cm³/mol. The highest BCUT2D eigenvalue weighted by Crippen LogP contribution is 2.09. The molecule has 0 aliphatic rings. The van der Waals surface area contributed by atoms with E-state index < -0.39 is 0 Å². The molecule has 4 nitrogen and oxygen atoms in total. The third-order valence-electron chi connectivity index (χ3n) is 1.35. The van der Waals surface area contributed by atoms with E-state index in [4.69, 9.17) is 0 Å². The maximum atomic E-state index is 3.99. The van der Waals surface area contributed by atoms with Crippen LogP contribution >= 0.6 is 12.6 Å². The van der Waals surface area contributed by atoms with Crippen molar-refractivity contribution in [2.45, 2.75) is 6.92 Å². The van der Waals surface area contributed by atoms with Gasteiger partial charge in [0.25, 0.3) is 0 Å². The first-order chi connectivity index (χ1) is 6.88. The Morgan fingerprint density at radius 3 is 2.50 bits per heavy atom. The van der Waals surface area contributed by atoms with Crippen molar-refractivity contribution in [1.29, 1.82) is 0 Å². The Bertz CT molecular complexity index is 333. The smallest absolute Gasteiger partial charge is 0.180 e. The molecule has 0 amide bonds. The summed E-state index contributed by atoms with van der Waals surface area (Å²) in [6.45, 7) is 1.99. The molecule has 0 saturated carbocycles. The number of thiol groups is 1. The van der Waals surface area contributed by atoms with Crippen molar-refractivity contribution in [1.82, 2.24) is 20.2 Å². The van der Waals surface area contributed by atoms with Crippen molar-refractivity contribution < 1.29 is 0 Å². The Balaban J connectivity index is 0.000000293. The van der Waals surface area contributed by atoms with Crippen molar-refractivity contribution in [2.75, 3.05) is 5.75 Å². The number of rotatable bonds is 1. The lowest BCUT2D eigenvalue weighted by Crippen LogP contribution is -1.79. The highest BCUT2D eigenvalue weighted by atomic mass is 32.1. The molecule has 0 radical (unpaired) electrons. The standard InChI is InChI=1S/C7H6N4.C2H6S/c1-3-8-4-2-6(1)7-9-5-10-11-7;1-2-3/h1-5H,(H,9,10,11);3H,2H2,1H3. The minimum Gasteiger partial charge on any atom is -0.265 e. The molecule has 2 heterocycles. The molecule has 0 saturated heterocycles. The van der Waals surface area contributed by atoms with Crippen LogP contribution in [0.1, 0.15) is 6.92 Å². The minimum atomic E-state index is 0.701. The molecule has 2 aromatic rings. The first kappa shape index (κ1) is 10.7. The average molecular weight is 208 g/mol. The van der Waals surface area contributed by atoms with E-state index in [9.17, 15) is 0 Å². The number of aromatic amines is 1. The van der Waals surface area contributed by atoms with E-state index >= 15 is 0 Å². The molecule has 2 aromatic heterocycles. The zero-order chi connectivity index (χ0) is 10.2. The molecule has 2 rings (SSSR count). The van der Waals surface area contributed by atoms with E-state index in [1.54, 1.807) is 18.7 Å². The fraction of sp³-hybridized carbons (Fsp3) is 0.222. The minimum absolute atomic E-state index is 0.701. The largest absolute Gasteiger partial charge is 0.265 e. The van der Waals surface area contributed by atoms with E-state index in [1.807, 2.05) is 19.1 Å². The average Bonchev–Trinajstić information content (AvgIpc) is 2.73. The van der Waals surface area contributed by atoms with Crippen LogP contribution in [0, 0.1) is 0 Å². The molecule has 74 valence electrons. The highest BCUT2D eigenvalue weighted by molar-refractivity contribution is 7.80. The molecule has 0 unspecified atom stereocenters. The third kappa shape index (κ3) is 3.18. The molecule has 5 heteroatoms. The van der Waals surface area contributed by atoms with Gasteiger partial charge < -0.3 is 0 Å². The second-order valence-electron chi connectivity index (χ2n) is 2.37. The van der Waals surface area contributed by atoms with Gasteiger partial charge in [-0.1, -0.05) is 6.92 Å². The van der Waals surface area contributed by atoms with Gasteiger partial charge in [-0.05, 0) is 17.9 Å². The summed E-state index contributed by atoms with van der Waals surface area (Å²) in [6, 6.07) is 3.73. The fourth-order valence-corrected chi connectivity index (χ4v) is 0.849. The fourth-order valence-electron chi connectivity index (χ4n) is 0.849. The number of hydrogen-bond acceptors (Lipinski definition) is 4. The molecule has 14 heavy (non-hydrogen) atoms. The summed E-state index contributed by atoms with van der Waals surface area (Å²) in [4.78, 5) is 7.88. The summed E-state index contributed by atoms with van der Waals surface area (Å²) >= 11 is 3.79. The van der Waals surface area contributed by atoms with Crippen LogP contribution in [0.25, 0.3) is 11.4 Å². The topological polar surface area (TPSA) is 54.5 Å². The lowest BCUT2D eigenvalue weighted by atomic mass is 10.3. The second kappa shape index (κ2) is 6.15. The van der Waals surface area contributed by atoms with Crippen LogP contribution in [0.3, 0.4) is 0 Å². The first-order valence-electron chi connectivity index (χ1n) is 4.25. The van der Waals surface area contributed by atoms with Gasteiger partial charge in [0.2, 0.25) is 0 Å². The van der Waals surface area contributed by atoms with Gasteiger partial charge in [-0.2, -0.15) is 17.7 Å². The van der Waals surface area contributed by atoms with E-state index in [0.717, 1.165) is 11.3 Å². The molecule has 0 fully saturated rings. The predicted octanol–water partition coefficient (Wildman–Crippen LogP) is 1.80. The van der Waals surface area contributed by atoms with Gasteiger partial charge in [-0.15, -0.1) is 0 Å². The maximum absolute atomic E-state index is 3.99. The first-order valence-corrected chi connectivity index (χ1v) is 4.88. The van der Waals surface area contributed by atoms with E-state index in [-0.39, 0.29) is 0 Å². The SMILES string of the molecule is CCS.c1cc(-c2nc[nH]n2)ccn1. The Morgan fingerprint density at radius 1 is 1.36 bits per heavy atom. The summed E-state index contributed by atoms with van der Waals surface area (Å²) in [5.74, 6) is 1.65. The monoisotopic (exact) mass is 208 g/mol. The summed E-state index contributed by atoms with van der Waals surface area (Å²) < 4.78 is 0. The van der Waals surface area contributed by atoms with Crippen molar-refractivity contribution in [3.63, 3.8) is 0 Å². The van der Waals surface area contributed by atoms with Gasteiger partial charge in [0.05, 0.1) is 0 Å². The number of hydrogen-bond donors (Lipinski definition) is 2. The van der Waals surface area contributed by atoms with Gasteiger partial charge in [-0.3, -0.25) is 10.1 Å². The van der Waals surface area contributed by atoms with E-state index in [0.29, 0.717) is 5.82 Å². The van der Waals surface area contributed by atoms with Crippen molar-refractivity contribution >= 4 is 12.6 Å². The molecule has 0 bridgehead atoms. The molecule has 0 atom stereocenters. The van der Waals surface area contributed by atoms with Crippen LogP contribution in [-0.4, -0.2) is 25.9 Å². The summed E-state index contributed by atoms with van der Waals surface area (Å²) in [5.41, 5.74) is 0.973. The lowest BCUT2D eigenvalue weighted by Gasteiger charge is -1.89. The van der Waals surface area contributed by atoms with E-state index in [1.165, 1.54) is 0 Å². The number of H-pyrrole nitrogens is 1. The van der Waals surface area contributed by atoms with Crippen molar-refractivity contribution in [3.8, 4) is 11.4 Å². The second-order valence-corrected chi connectivity index (χ2v) is 3.01. The van der Waals surface area contributed by atoms with Crippen LogP contribution in [-0.2, 0) is 0 Å². The molecule has 0 aliphatic carbocycles. The number of pyridine rings is 1. The van der Waals surface area contributed by atoms with E-state index in [2.05, 4.69) is 32.8 Å². The zero-order valence-corrected chi connectivity index (χ0v) is 8.78. The van der Waals surface area contributed by atoms with Crippen LogP contribution < -0.4 is 0 Å². The highest BCUT2D eigenvalue weighted by Gasteiger charge is 1.97. The van der Waals surface area contributed by atoms with Crippen LogP contribution in [0.5, 0.6) is 0 Å². The zero-order valence-electron chi connectivity index (χ0n) is 7.88. The Kier molecular flexibility index (Phi) is 4.71. The van der Waals surface area contributed by atoms with Gasteiger partial charge in [0.15, 0.2) is 5.82 Å². The van der Waals surface area contributed by atoms with Gasteiger partial charge in [-0.25, -0.2) is 4.98 Å². The van der Waals surface area contributed by atoms with Crippen molar-refractivity contribution in [2.24, 2.45) is 0 Å². The molecule has 0 spiro atoms.